The highest BCUT2D eigenvalue weighted by Gasteiger charge is 2.48. The van der Waals surface area contributed by atoms with Gasteiger partial charge in [-0.05, 0) is 6.92 Å². The number of β-amino-alcohol motifs (C(OH)–C–C–N with tert-alkyl or cyclic N) is 2. The average molecular weight is 175 g/mol. The lowest BCUT2D eigenvalue weighted by Gasteiger charge is -2.22. The van der Waals surface area contributed by atoms with Gasteiger partial charge in [0.05, 0.1) is 6.61 Å². The van der Waals surface area contributed by atoms with Gasteiger partial charge in [0.2, 0.25) is 5.60 Å². The predicted molar refractivity (Wildman–Crippen MR) is 40.5 cm³/mol. The number of carbonyl (C=O) groups is 1. The van der Waals surface area contributed by atoms with Crippen molar-refractivity contribution in [2.45, 2.75) is 18.6 Å². The summed E-state index contributed by atoms with van der Waals surface area (Å²) in [6, 6.07) is 0. The van der Waals surface area contributed by atoms with E-state index in [2.05, 4.69) is 10.1 Å². The topological polar surface area (TPSA) is 78.8 Å². The summed E-state index contributed by atoms with van der Waals surface area (Å²) in [6.07, 6.45) is -1.07. The van der Waals surface area contributed by atoms with Crippen molar-refractivity contribution in [2.75, 3.05) is 19.7 Å². The minimum absolute atomic E-state index is 0.0486. The maximum atomic E-state index is 11.1. The molecule has 2 atom stereocenters. The lowest BCUT2D eigenvalue weighted by Crippen LogP contribution is -2.50. The summed E-state index contributed by atoms with van der Waals surface area (Å²) in [6.45, 7) is 2.12. The molecule has 0 bridgehead atoms. The molecule has 1 fully saturated rings. The summed E-state index contributed by atoms with van der Waals surface area (Å²) >= 11 is 0. The fourth-order valence-corrected chi connectivity index (χ4v) is 1.15. The van der Waals surface area contributed by atoms with E-state index < -0.39 is 17.7 Å². The van der Waals surface area contributed by atoms with Crippen LogP contribution in [0.25, 0.3) is 0 Å². The standard InChI is InChI=1S/C7H13NO4/c1-2-12-6(10)7(11)4-8-3-5(7)9/h5,8-9,11H,2-4H2,1H3/t5-,7+/m0/s1. The second kappa shape index (κ2) is 3.38. The molecule has 0 aromatic carbocycles. The van der Waals surface area contributed by atoms with Gasteiger partial charge in [0.25, 0.3) is 0 Å². The smallest absolute Gasteiger partial charge is 0.342 e. The number of hydrogen-bond acceptors (Lipinski definition) is 5. The Morgan fingerprint density at radius 1 is 1.83 bits per heavy atom. The Morgan fingerprint density at radius 3 is 2.92 bits per heavy atom. The third-order valence-corrected chi connectivity index (χ3v) is 1.91. The first-order valence-electron chi connectivity index (χ1n) is 3.89. The fourth-order valence-electron chi connectivity index (χ4n) is 1.15. The van der Waals surface area contributed by atoms with Gasteiger partial charge < -0.3 is 20.3 Å². The molecule has 12 heavy (non-hydrogen) atoms. The van der Waals surface area contributed by atoms with E-state index in [0.717, 1.165) is 0 Å². The Labute approximate surface area is 70.3 Å². The van der Waals surface area contributed by atoms with E-state index in [4.69, 9.17) is 0 Å². The number of nitrogens with one attached hydrogen (secondary N) is 1. The second-order valence-corrected chi connectivity index (χ2v) is 2.79. The van der Waals surface area contributed by atoms with E-state index in [1.807, 2.05) is 0 Å². The normalized spacial score (nSPS) is 35.1. The van der Waals surface area contributed by atoms with E-state index in [1.165, 1.54) is 0 Å². The zero-order chi connectivity index (χ0) is 9.19. The highest BCUT2D eigenvalue weighted by molar-refractivity contribution is 5.81. The van der Waals surface area contributed by atoms with Crippen LogP contribution in [0.1, 0.15) is 6.92 Å². The van der Waals surface area contributed by atoms with Gasteiger partial charge in [-0.2, -0.15) is 0 Å². The number of aliphatic hydroxyl groups excluding tert-OH is 1. The van der Waals surface area contributed by atoms with Crippen LogP contribution in [-0.2, 0) is 9.53 Å². The van der Waals surface area contributed by atoms with Crippen molar-refractivity contribution >= 4 is 5.97 Å². The Hall–Kier alpha value is -0.650. The second-order valence-electron chi connectivity index (χ2n) is 2.79. The molecule has 1 saturated heterocycles. The quantitative estimate of drug-likeness (QED) is 0.433. The van der Waals surface area contributed by atoms with Crippen LogP contribution in [0.5, 0.6) is 0 Å². The summed E-state index contributed by atoms with van der Waals surface area (Å²) in [7, 11) is 0. The first-order chi connectivity index (χ1) is 5.61. The molecule has 1 rings (SSSR count). The molecule has 5 nitrogen and oxygen atoms in total. The lowest BCUT2D eigenvalue weighted by atomic mass is 10.0. The molecule has 1 heterocycles. The molecule has 0 radical (unpaired) electrons. The molecule has 0 saturated carbocycles. The van der Waals surface area contributed by atoms with Crippen molar-refractivity contribution < 1.29 is 19.7 Å². The van der Waals surface area contributed by atoms with Crippen molar-refractivity contribution in [1.82, 2.24) is 5.32 Å². The first-order valence-corrected chi connectivity index (χ1v) is 3.89. The van der Waals surface area contributed by atoms with Crippen molar-refractivity contribution in [3.63, 3.8) is 0 Å². The summed E-state index contributed by atoms with van der Waals surface area (Å²) in [5, 5.41) is 21.5. The van der Waals surface area contributed by atoms with Crippen LogP contribution in [0, 0.1) is 0 Å². The largest absolute Gasteiger partial charge is 0.464 e. The molecule has 1 aliphatic heterocycles. The van der Waals surface area contributed by atoms with Gasteiger partial charge in [0.15, 0.2) is 0 Å². The highest BCUT2D eigenvalue weighted by Crippen LogP contribution is 2.16. The summed E-state index contributed by atoms with van der Waals surface area (Å²) in [5.74, 6) is -0.762. The van der Waals surface area contributed by atoms with Crippen molar-refractivity contribution in [3.8, 4) is 0 Å². The molecule has 70 valence electrons. The van der Waals surface area contributed by atoms with Gasteiger partial charge in [-0.1, -0.05) is 0 Å². The SMILES string of the molecule is CCOC(=O)[C@@]1(O)CNC[C@@H]1O. The molecule has 0 unspecified atom stereocenters. The predicted octanol–water partition coefficient (Wildman–Crippen LogP) is -1.76. The van der Waals surface area contributed by atoms with E-state index in [9.17, 15) is 15.0 Å². The van der Waals surface area contributed by atoms with Crippen LogP contribution in [-0.4, -0.2) is 47.6 Å². The Balaban J connectivity index is 2.63. The number of esters is 1. The number of carbonyl (C=O) groups excluding carboxylic acids is 1. The monoisotopic (exact) mass is 175 g/mol. The fraction of sp³-hybridized carbons (Fsp3) is 0.857. The van der Waals surface area contributed by atoms with Gasteiger partial charge in [0, 0.05) is 13.1 Å². The van der Waals surface area contributed by atoms with Gasteiger partial charge in [0.1, 0.15) is 6.10 Å². The number of aliphatic hydroxyl groups is 2. The third kappa shape index (κ3) is 1.43. The minimum Gasteiger partial charge on any atom is -0.464 e. The van der Waals surface area contributed by atoms with Crippen LogP contribution < -0.4 is 5.32 Å². The highest BCUT2D eigenvalue weighted by atomic mass is 16.6. The molecular formula is C7H13NO4. The van der Waals surface area contributed by atoms with Crippen LogP contribution in [0.2, 0.25) is 0 Å². The molecule has 0 aliphatic carbocycles. The summed E-state index contributed by atoms with van der Waals surface area (Å²) < 4.78 is 4.61. The lowest BCUT2D eigenvalue weighted by molar-refractivity contribution is -0.171. The van der Waals surface area contributed by atoms with E-state index in [0.29, 0.717) is 0 Å². The van der Waals surface area contributed by atoms with E-state index in [-0.39, 0.29) is 19.7 Å². The minimum atomic E-state index is -1.75. The molecule has 0 spiro atoms. The van der Waals surface area contributed by atoms with Crippen LogP contribution in [0.15, 0.2) is 0 Å². The zero-order valence-electron chi connectivity index (χ0n) is 6.91. The number of hydrogen-bond donors (Lipinski definition) is 3. The van der Waals surface area contributed by atoms with Gasteiger partial charge in [-0.25, -0.2) is 4.79 Å². The molecule has 0 aromatic rings. The van der Waals surface area contributed by atoms with Crippen molar-refractivity contribution in [2.24, 2.45) is 0 Å². The van der Waals surface area contributed by atoms with Crippen LogP contribution in [0.3, 0.4) is 0 Å². The Bertz CT molecular complexity index is 184. The Morgan fingerprint density at radius 2 is 2.50 bits per heavy atom. The van der Waals surface area contributed by atoms with E-state index >= 15 is 0 Å². The maximum Gasteiger partial charge on any atom is 0.342 e. The average Bonchev–Trinajstić information content (AvgIpc) is 2.34. The van der Waals surface area contributed by atoms with Crippen molar-refractivity contribution in [1.29, 1.82) is 0 Å². The first kappa shape index (κ1) is 9.44. The van der Waals surface area contributed by atoms with Crippen molar-refractivity contribution in [3.05, 3.63) is 0 Å². The zero-order valence-corrected chi connectivity index (χ0v) is 6.91. The maximum absolute atomic E-state index is 11.1. The van der Waals surface area contributed by atoms with Crippen LogP contribution in [0.4, 0.5) is 0 Å². The molecule has 1 aliphatic rings. The van der Waals surface area contributed by atoms with Crippen LogP contribution >= 0.6 is 0 Å². The number of rotatable bonds is 2. The molecule has 0 amide bonds. The Kier molecular flexibility index (Phi) is 2.66. The van der Waals surface area contributed by atoms with Gasteiger partial charge >= 0.3 is 5.97 Å². The van der Waals surface area contributed by atoms with Gasteiger partial charge in [-0.15, -0.1) is 0 Å². The molecule has 5 heteroatoms. The van der Waals surface area contributed by atoms with Gasteiger partial charge in [-0.3, -0.25) is 0 Å². The van der Waals surface area contributed by atoms with E-state index in [1.54, 1.807) is 6.92 Å². The molecule has 0 aromatic heterocycles. The molecule has 3 N–H and O–H groups in total. The number of ether oxygens (including phenoxy) is 1. The summed E-state index contributed by atoms with van der Waals surface area (Å²) in [4.78, 5) is 11.1. The molecular weight excluding hydrogens is 162 g/mol. The summed E-state index contributed by atoms with van der Waals surface area (Å²) in [5.41, 5.74) is -1.75. The third-order valence-electron chi connectivity index (χ3n) is 1.91.